The smallest absolute Gasteiger partial charge is 0.153 e. The predicted molar refractivity (Wildman–Crippen MR) is 62.6 cm³/mol. The molecule has 0 aromatic carbocycles. The molecule has 0 radical (unpaired) electrons. The zero-order valence-electron chi connectivity index (χ0n) is 9.06. The van der Waals surface area contributed by atoms with Gasteiger partial charge in [0.15, 0.2) is 5.82 Å². The second-order valence-corrected chi connectivity index (χ2v) is 3.48. The number of halogens is 1. The van der Waals surface area contributed by atoms with Gasteiger partial charge in [-0.1, -0.05) is 11.6 Å². The minimum absolute atomic E-state index is 0.00392. The second-order valence-electron chi connectivity index (χ2n) is 3.10. The molecule has 90 valence electrons. The number of methoxy groups -OCH3 is 1. The summed E-state index contributed by atoms with van der Waals surface area (Å²) in [7, 11) is 1.60. The van der Waals surface area contributed by atoms with Crippen molar-refractivity contribution < 1.29 is 9.84 Å². The van der Waals surface area contributed by atoms with Crippen LogP contribution >= 0.6 is 11.6 Å². The highest BCUT2D eigenvalue weighted by Gasteiger charge is 2.13. The molecular weight excluding hydrogens is 232 g/mol. The summed E-state index contributed by atoms with van der Waals surface area (Å²) in [6, 6.07) is 0. The highest BCUT2D eigenvalue weighted by molar-refractivity contribution is 6.35. The van der Waals surface area contributed by atoms with Gasteiger partial charge in [-0.25, -0.2) is 9.97 Å². The highest BCUT2D eigenvalue weighted by atomic mass is 35.5. The van der Waals surface area contributed by atoms with Crippen LogP contribution in [-0.4, -0.2) is 48.5 Å². The first-order valence-electron chi connectivity index (χ1n) is 4.81. The predicted octanol–water partition coefficient (Wildman–Crippen LogP) is 0.157. The van der Waals surface area contributed by atoms with Crippen LogP contribution in [0.2, 0.25) is 5.02 Å². The minimum Gasteiger partial charge on any atom is -0.395 e. The molecule has 0 saturated heterocycles. The lowest BCUT2D eigenvalue weighted by molar-refractivity contribution is 0.202. The van der Waals surface area contributed by atoms with Crippen LogP contribution < -0.4 is 10.6 Å². The van der Waals surface area contributed by atoms with Crippen molar-refractivity contribution in [1.82, 2.24) is 9.97 Å². The fourth-order valence-electron chi connectivity index (χ4n) is 1.24. The first-order valence-corrected chi connectivity index (χ1v) is 5.19. The summed E-state index contributed by atoms with van der Waals surface area (Å²) >= 11 is 5.99. The van der Waals surface area contributed by atoms with Crippen molar-refractivity contribution in [2.45, 2.75) is 0 Å². The van der Waals surface area contributed by atoms with Gasteiger partial charge >= 0.3 is 0 Å². The lowest BCUT2D eigenvalue weighted by Crippen LogP contribution is -2.31. The zero-order valence-corrected chi connectivity index (χ0v) is 9.81. The van der Waals surface area contributed by atoms with E-state index < -0.39 is 0 Å². The maximum absolute atomic E-state index is 8.96. The van der Waals surface area contributed by atoms with Gasteiger partial charge in [0.1, 0.15) is 17.2 Å². The Hall–Kier alpha value is -1.11. The third-order valence-electron chi connectivity index (χ3n) is 2.03. The van der Waals surface area contributed by atoms with E-state index in [1.54, 1.807) is 12.0 Å². The monoisotopic (exact) mass is 246 g/mol. The number of hydrogen-bond donors (Lipinski definition) is 2. The number of aliphatic hydroxyl groups is 1. The number of ether oxygens (including phenoxy) is 1. The van der Waals surface area contributed by atoms with E-state index in [2.05, 4.69) is 9.97 Å². The summed E-state index contributed by atoms with van der Waals surface area (Å²) in [6.07, 6.45) is 1.34. The van der Waals surface area contributed by atoms with Gasteiger partial charge in [-0.15, -0.1) is 0 Å². The lowest BCUT2D eigenvalue weighted by atomic mass is 10.4. The molecular formula is C9H15ClN4O2. The number of nitrogen functional groups attached to an aromatic ring is 1. The van der Waals surface area contributed by atoms with Gasteiger partial charge in [0, 0.05) is 20.2 Å². The summed E-state index contributed by atoms with van der Waals surface area (Å²) in [5.74, 6) is 0.743. The van der Waals surface area contributed by atoms with Crippen molar-refractivity contribution >= 4 is 23.2 Å². The Morgan fingerprint density at radius 3 is 2.88 bits per heavy atom. The molecule has 0 aliphatic rings. The Kier molecular flexibility index (Phi) is 5.24. The van der Waals surface area contributed by atoms with E-state index >= 15 is 0 Å². The molecule has 0 atom stereocenters. The SMILES string of the molecule is COCCN(CCO)c1ncnc(N)c1Cl. The summed E-state index contributed by atoms with van der Waals surface area (Å²) in [4.78, 5) is 9.62. The topological polar surface area (TPSA) is 84.5 Å². The molecule has 16 heavy (non-hydrogen) atoms. The Balaban J connectivity index is 2.86. The fourth-order valence-corrected chi connectivity index (χ4v) is 1.46. The second kappa shape index (κ2) is 6.47. The van der Waals surface area contributed by atoms with E-state index in [9.17, 15) is 0 Å². The van der Waals surface area contributed by atoms with E-state index in [0.717, 1.165) is 0 Å². The Labute approximate surface area is 99.0 Å². The number of aromatic nitrogens is 2. The summed E-state index contributed by atoms with van der Waals surface area (Å²) in [5.41, 5.74) is 5.58. The third-order valence-corrected chi connectivity index (χ3v) is 2.40. The van der Waals surface area contributed by atoms with Gasteiger partial charge in [-0.3, -0.25) is 0 Å². The fraction of sp³-hybridized carbons (Fsp3) is 0.556. The molecule has 0 saturated carbocycles. The molecule has 0 unspecified atom stereocenters. The van der Waals surface area contributed by atoms with E-state index in [4.69, 9.17) is 27.2 Å². The number of hydrogen-bond acceptors (Lipinski definition) is 6. The van der Waals surface area contributed by atoms with Crippen LogP contribution in [-0.2, 0) is 4.74 Å². The van der Waals surface area contributed by atoms with Crippen LogP contribution in [0.25, 0.3) is 0 Å². The summed E-state index contributed by atoms with van der Waals surface area (Å²) in [6.45, 7) is 1.51. The molecule has 1 heterocycles. The molecule has 1 aromatic rings. The molecule has 3 N–H and O–H groups in total. The van der Waals surface area contributed by atoms with Gasteiger partial charge in [-0.2, -0.15) is 0 Å². The maximum atomic E-state index is 8.96. The van der Waals surface area contributed by atoms with Gasteiger partial charge in [0.05, 0.1) is 13.2 Å². The van der Waals surface area contributed by atoms with Crippen molar-refractivity contribution in [2.24, 2.45) is 0 Å². The quantitative estimate of drug-likeness (QED) is 0.744. The molecule has 0 aliphatic carbocycles. The van der Waals surface area contributed by atoms with E-state index in [0.29, 0.717) is 30.5 Å². The largest absolute Gasteiger partial charge is 0.395 e. The Morgan fingerprint density at radius 2 is 2.25 bits per heavy atom. The maximum Gasteiger partial charge on any atom is 0.153 e. The molecule has 0 fully saturated rings. The molecule has 0 spiro atoms. The van der Waals surface area contributed by atoms with E-state index in [1.807, 2.05) is 0 Å². The van der Waals surface area contributed by atoms with Crippen molar-refractivity contribution in [3.8, 4) is 0 Å². The minimum atomic E-state index is 0.00392. The lowest BCUT2D eigenvalue weighted by Gasteiger charge is -2.23. The molecule has 0 amide bonds. The average molecular weight is 247 g/mol. The van der Waals surface area contributed by atoms with Crippen LogP contribution in [0.5, 0.6) is 0 Å². The number of nitrogens with zero attached hydrogens (tertiary/aromatic N) is 3. The van der Waals surface area contributed by atoms with Crippen LogP contribution in [0.1, 0.15) is 0 Å². The first-order chi connectivity index (χ1) is 7.70. The number of rotatable bonds is 6. The standard InChI is InChI=1S/C9H15ClN4O2/c1-16-5-3-14(2-4-15)9-7(10)8(11)12-6-13-9/h6,15H,2-5H2,1H3,(H2,11,12,13). The van der Waals surface area contributed by atoms with E-state index in [-0.39, 0.29) is 12.4 Å². The highest BCUT2D eigenvalue weighted by Crippen LogP contribution is 2.26. The molecule has 1 aromatic heterocycles. The summed E-state index contributed by atoms with van der Waals surface area (Å²) < 4.78 is 4.97. The van der Waals surface area contributed by atoms with Crippen LogP contribution in [0.3, 0.4) is 0 Å². The average Bonchev–Trinajstić information content (AvgIpc) is 2.28. The molecule has 1 rings (SSSR count). The van der Waals surface area contributed by atoms with E-state index in [1.165, 1.54) is 6.33 Å². The number of anilines is 2. The molecule has 0 bridgehead atoms. The molecule has 6 nitrogen and oxygen atoms in total. The van der Waals surface area contributed by atoms with Crippen LogP contribution in [0.15, 0.2) is 6.33 Å². The zero-order chi connectivity index (χ0) is 12.0. The van der Waals surface area contributed by atoms with Gasteiger partial charge < -0.3 is 20.5 Å². The van der Waals surface area contributed by atoms with Crippen LogP contribution in [0, 0.1) is 0 Å². The van der Waals surface area contributed by atoms with Crippen molar-refractivity contribution in [3.05, 3.63) is 11.3 Å². The number of nitrogens with two attached hydrogens (primary N) is 1. The molecule has 0 aliphatic heterocycles. The van der Waals surface area contributed by atoms with Gasteiger partial charge in [-0.05, 0) is 0 Å². The van der Waals surface area contributed by atoms with Gasteiger partial charge in [0.2, 0.25) is 0 Å². The number of aliphatic hydroxyl groups excluding tert-OH is 1. The van der Waals surface area contributed by atoms with Crippen LogP contribution in [0.4, 0.5) is 11.6 Å². The van der Waals surface area contributed by atoms with Crippen molar-refractivity contribution in [3.63, 3.8) is 0 Å². The first kappa shape index (κ1) is 13.0. The molecule has 7 heteroatoms. The van der Waals surface area contributed by atoms with Crippen molar-refractivity contribution in [2.75, 3.05) is 44.0 Å². The van der Waals surface area contributed by atoms with Crippen molar-refractivity contribution in [1.29, 1.82) is 0 Å². The Morgan fingerprint density at radius 1 is 1.50 bits per heavy atom. The third kappa shape index (κ3) is 3.19. The summed E-state index contributed by atoms with van der Waals surface area (Å²) in [5, 5.41) is 9.26. The normalized spacial score (nSPS) is 10.4. The van der Waals surface area contributed by atoms with Gasteiger partial charge in [0.25, 0.3) is 0 Å². The Bertz CT molecular complexity index is 337.